The van der Waals surface area contributed by atoms with Crippen molar-refractivity contribution >= 4 is 17.4 Å². The van der Waals surface area contributed by atoms with Gasteiger partial charge in [-0.3, -0.25) is 14.1 Å². The highest BCUT2D eigenvalue weighted by atomic mass is 16.2. The van der Waals surface area contributed by atoms with Crippen molar-refractivity contribution in [2.24, 2.45) is 5.41 Å². The van der Waals surface area contributed by atoms with Crippen molar-refractivity contribution in [1.82, 2.24) is 9.38 Å². The minimum atomic E-state index is -0.303. The van der Waals surface area contributed by atoms with Crippen LogP contribution in [0.15, 0.2) is 12.1 Å². The Hall–Kier alpha value is -1.84. The molecule has 0 spiro atoms. The second-order valence-electron chi connectivity index (χ2n) is 8.79. The molecule has 0 aliphatic carbocycles. The van der Waals surface area contributed by atoms with Crippen molar-refractivity contribution in [3.8, 4) is 0 Å². The van der Waals surface area contributed by atoms with Gasteiger partial charge in [0.25, 0.3) is 0 Å². The van der Waals surface area contributed by atoms with Gasteiger partial charge in [0.2, 0.25) is 5.91 Å². The van der Waals surface area contributed by atoms with E-state index in [9.17, 15) is 4.79 Å². The predicted octanol–water partition coefficient (Wildman–Crippen LogP) is 4.83. The van der Waals surface area contributed by atoms with Crippen LogP contribution in [0, 0.1) is 26.2 Å². The molecule has 0 saturated heterocycles. The molecule has 24 heavy (non-hydrogen) atoms. The summed E-state index contributed by atoms with van der Waals surface area (Å²) in [5, 5.41) is 0. The van der Waals surface area contributed by atoms with Gasteiger partial charge in [-0.2, -0.15) is 0 Å². The number of hydrogen-bond acceptors (Lipinski definition) is 2. The first-order valence-corrected chi connectivity index (χ1v) is 8.60. The number of rotatable bonds is 3. The number of amides is 1. The van der Waals surface area contributed by atoms with Gasteiger partial charge in [0.05, 0.1) is 5.69 Å². The van der Waals surface area contributed by atoms with Crippen LogP contribution in [0.3, 0.4) is 0 Å². The van der Waals surface area contributed by atoms with Crippen LogP contribution in [0.4, 0.5) is 5.82 Å². The highest BCUT2D eigenvalue weighted by Crippen LogP contribution is 2.36. The molecular formula is C20H31N3O. The fourth-order valence-electron chi connectivity index (χ4n) is 4.13. The molecule has 0 saturated carbocycles. The molecule has 2 aromatic heterocycles. The normalized spacial score (nSPS) is 12.7. The van der Waals surface area contributed by atoms with Crippen LogP contribution in [0.25, 0.3) is 5.65 Å². The number of nitrogens with zero attached hydrogens (tertiary/aromatic N) is 3. The minimum Gasteiger partial charge on any atom is -0.291 e. The summed E-state index contributed by atoms with van der Waals surface area (Å²) < 4.78 is 2.11. The molecule has 2 heterocycles. The van der Waals surface area contributed by atoms with Crippen molar-refractivity contribution in [2.45, 2.75) is 74.3 Å². The average molecular weight is 329 g/mol. The van der Waals surface area contributed by atoms with Crippen LogP contribution in [0.2, 0.25) is 0 Å². The number of fused-ring (bicyclic) bond motifs is 1. The Bertz CT molecular complexity index is 778. The first kappa shape index (κ1) is 18.5. The van der Waals surface area contributed by atoms with E-state index in [1.807, 2.05) is 11.8 Å². The third-order valence-corrected chi connectivity index (χ3v) is 4.29. The van der Waals surface area contributed by atoms with Crippen LogP contribution in [-0.4, -0.2) is 20.8 Å². The zero-order valence-electron chi connectivity index (χ0n) is 16.6. The maximum Gasteiger partial charge on any atom is 0.225 e. The third kappa shape index (κ3) is 3.47. The Morgan fingerprint density at radius 2 is 1.71 bits per heavy atom. The lowest BCUT2D eigenvalue weighted by Crippen LogP contribution is -2.50. The molecule has 0 N–H and O–H groups in total. The van der Waals surface area contributed by atoms with E-state index in [1.54, 1.807) is 6.92 Å². The molecule has 0 radical (unpaired) electrons. The summed E-state index contributed by atoms with van der Waals surface area (Å²) in [5.41, 5.74) is 3.89. The third-order valence-electron chi connectivity index (χ3n) is 4.29. The number of carbonyl (C=O) groups is 1. The maximum atomic E-state index is 12.6. The zero-order chi connectivity index (χ0) is 18.4. The Labute approximate surface area is 145 Å². The first-order chi connectivity index (χ1) is 10.8. The van der Waals surface area contributed by atoms with E-state index in [0.717, 1.165) is 29.3 Å². The number of pyridine rings is 1. The number of carbonyl (C=O) groups excluding carboxylic acids is 1. The number of aryl methyl sites for hydroxylation is 3. The number of hydrogen-bond donors (Lipinski definition) is 0. The maximum absolute atomic E-state index is 12.6. The Kier molecular flexibility index (Phi) is 4.55. The Morgan fingerprint density at radius 1 is 1.12 bits per heavy atom. The second kappa shape index (κ2) is 5.91. The SMILES string of the molecule is CC(=O)N(c1c(C)nc2cc(C)cc(C)n12)C(C)(C)CC(C)(C)C. The van der Waals surface area contributed by atoms with E-state index < -0.39 is 0 Å². The van der Waals surface area contributed by atoms with Crippen molar-refractivity contribution in [3.05, 3.63) is 29.1 Å². The van der Waals surface area contributed by atoms with Gasteiger partial charge >= 0.3 is 0 Å². The lowest BCUT2D eigenvalue weighted by atomic mass is 9.80. The standard InChI is InChI=1S/C20H31N3O/c1-13-10-14(2)22-17(11-13)21-15(3)18(22)23(16(4)24)20(8,9)12-19(5,6)7/h10-11H,12H2,1-9H3. The van der Waals surface area contributed by atoms with Crippen LogP contribution >= 0.6 is 0 Å². The highest BCUT2D eigenvalue weighted by molar-refractivity contribution is 5.93. The monoisotopic (exact) mass is 329 g/mol. The number of imidazole rings is 1. The van der Waals surface area contributed by atoms with Crippen LogP contribution in [0.5, 0.6) is 0 Å². The fourth-order valence-corrected chi connectivity index (χ4v) is 4.13. The van der Waals surface area contributed by atoms with E-state index in [2.05, 4.69) is 65.0 Å². The molecule has 0 atom stereocenters. The van der Waals surface area contributed by atoms with Crippen molar-refractivity contribution in [3.63, 3.8) is 0 Å². The molecule has 0 aliphatic rings. The van der Waals surface area contributed by atoms with Gasteiger partial charge in [-0.05, 0) is 64.2 Å². The minimum absolute atomic E-state index is 0.0501. The fraction of sp³-hybridized carbons (Fsp3) is 0.600. The van der Waals surface area contributed by atoms with Crippen LogP contribution < -0.4 is 4.90 Å². The molecule has 4 heteroatoms. The van der Waals surface area contributed by atoms with Gasteiger partial charge in [0, 0.05) is 18.2 Å². The topological polar surface area (TPSA) is 37.6 Å². The molecule has 0 fully saturated rings. The Balaban J connectivity index is 2.72. The Morgan fingerprint density at radius 3 is 2.21 bits per heavy atom. The second-order valence-corrected chi connectivity index (χ2v) is 8.79. The van der Waals surface area contributed by atoms with E-state index in [-0.39, 0.29) is 16.9 Å². The van der Waals surface area contributed by atoms with E-state index in [1.165, 1.54) is 5.56 Å². The summed E-state index contributed by atoms with van der Waals surface area (Å²) in [4.78, 5) is 19.3. The lowest BCUT2D eigenvalue weighted by molar-refractivity contribution is -0.117. The van der Waals surface area contributed by atoms with Gasteiger partial charge in [-0.25, -0.2) is 4.98 Å². The van der Waals surface area contributed by atoms with Crippen LogP contribution in [0.1, 0.15) is 64.9 Å². The van der Waals surface area contributed by atoms with Crippen molar-refractivity contribution in [1.29, 1.82) is 0 Å². The molecular weight excluding hydrogens is 298 g/mol. The molecule has 0 aliphatic heterocycles. The molecule has 132 valence electrons. The van der Waals surface area contributed by atoms with Gasteiger partial charge in [0.1, 0.15) is 11.5 Å². The first-order valence-electron chi connectivity index (χ1n) is 8.60. The summed E-state index contributed by atoms with van der Waals surface area (Å²) in [7, 11) is 0. The quantitative estimate of drug-likeness (QED) is 0.809. The summed E-state index contributed by atoms with van der Waals surface area (Å²) in [6, 6.07) is 4.20. The van der Waals surface area contributed by atoms with Crippen LogP contribution in [-0.2, 0) is 4.79 Å². The number of aromatic nitrogens is 2. The molecule has 0 aromatic carbocycles. The molecule has 1 amide bonds. The smallest absolute Gasteiger partial charge is 0.225 e. The highest BCUT2D eigenvalue weighted by Gasteiger charge is 2.37. The van der Waals surface area contributed by atoms with Gasteiger partial charge < -0.3 is 0 Å². The van der Waals surface area contributed by atoms with Gasteiger partial charge in [0.15, 0.2) is 0 Å². The average Bonchev–Trinajstić information content (AvgIpc) is 2.61. The summed E-state index contributed by atoms with van der Waals surface area (Å²) in [6.45, 7) is 18.7. The van der Waals surface area contributed by atoms with Crippen molar-refractivity contribution in [2.75, 3.05) is 4.90 Å². The summed E-state index contributed by atoms with van der Waals surface area (Å²) >= 11 is 0. The number of anilines is 1. The lowest BCUT2D eigenvalue weighted by Gasteiger charge is -2.41. The molecule has 0 unspecified atom stereocenters. The van der Waals surface area contributed by atoms with Crippen molar-refractivity contribution < 1.29 is 4.79 Å². The summed E-state index contributed by atoms with van der Waals surface area (Å²) in [6.07, 6.45) is 0.900. The van der Waals surface area contributed by atoms with E-state index >= 15 is 0 Å². The summed E-state index contributed by atoms with van der Waals surface area (Å²) in [5.74, 6) is 0.943. The van der Waals surface area contributed by atoms with Gasteiger partial charge in [-0.1, -0.05) is 20.8 Å². The molecule has 0 bridgehead atoms. The predicted molar refractivity (Wildman–Crippen MR) is 101 cm³/mol. The largest absolute Gasteiger partial charge is 0.291 e. The van der Waals surface area contributed by atoms with Gasteiger partial charge in [-0.15, -0.1) is 0 Å². The molecule has 2 rings (SSSR count). The molecule has 2 aromatic rings. The van der Waals surface area contributed by atoms with E-state index in [0.29, 0.717) is 0 Å². The zero-order valence-corrected chi connectivity index (χ0v) is 16.6. The van der Waals surface area contributed by atoms with E-state index in [4.69, 9.17) is 4.98 Å². The molecule has 4 nitrogen and oxygen atoms in total.